The largest absolute Gasteiger partial charge is 0.322 e. The Morgan fingerprint density at radius 3 is 2.46 bits per heavy atom. The molecular weight excluding hydrogens is 326 g/mol. The summed E-state index contributed by atoms with van der Waals surface area (Å²) < 4.78 is 1.61. The number of halogens is 1. The van der Waals surface area contributed by atoms with Gasteiger partial charge in [0.15, 0.2) is 0 Å². The highest BCUT2D eigenvalue weighted by atomic mass is 35.5. The number of aromatic nitrogens is 1. The number of rotatable bonds is 5. The lowest BCUT2D eigenvalue weighted by molar-refractivity contribution is 0.102. The van der Waals surface area contributed by atoms with Gasteiger partial charge in [-0.2, -0.15) is 0 Å². The molecule has 1 N–H and O–H groups in total. The van der Waals surface area contributed by atoms with Crippen LogP contribution >= 0.6 is 11.6 Å². The first kappa shape index (κ1) is 16.7. The molecule has 0 unspecified atom stereocenters. The summed E-state index contributed by atoms with van der Waals surface area (Å²) in [6, 6.07) is 9.91. The van der Waals surface area contributed by atoms with Gasteiger partial charge < -0.3 is 14.8 Å². The van der Waals surface area contributed by atoms with E-state index in [2.05, 4.69) is 10.2 Å². The van der Waals surface area contributed by atoms with Crippen molar-refractivity contribution in [3.05, 3.63) is 63.5 Å². The average Bonchev–Trinajstić information content (AvgIpc) is 3.09. The van der Waals surface area contributed by atoms with Gasteiger partial charge in [-0.3, -0.25) is 9.59 Å². The SMILES string of the molecule is O=C(Nc1ccc(Cl)cc1)c1ccc(=O)n(CCN2CCCC2)c1. The number of amides is 1. The van der Waals surface area contributed by atoms with E-state index in [1.165, 1.54) is 18.9 Å². The van der Waals surface area contributed by atoms with Crippen molar-refractivity contribution < 1.29 is 4.79 Å². The van der Waals surface area contributed by atoms with Gasteiger partial charge in [0, 0.05) is 36.1 Å². The number of hydrogen-bond donors (Lipinski definition) is 1. The molecule has 0 atom stereocenters. The van der Waals surface area contributed by atoms with Gasteiger partial charge in [-0.25, -0.2) is 0 Å². The van der Waals surface area contributed by atoms with Gasteiger partial charge in [-0.1, -0.05) is 11.6 Å². The van der Waals surface area contributed by atoms with Crippen LogP contribution in [0.25, 0.3) is 0 Å². The molecule has 1 fully saturated rings. The molecule has 1 aromatic heterocycles. The zero-order valence-corrected chi connectivity index (χ0v) is 14.1. The molecule has 6 heteroatoms. The highest BCUT2D eigenvalue weighted by molar-refractivity contribution is 6.30. The second-order valence-electron chi connectivity index (χ2n) is 5.96. The molecule has 24 heavy (non-hydrogen) atoms. The van der Waals surface area contributed by atoms with Crippen molar-refractivity contribution in [2.24, 2.45) is 0 Å². The van der Waals surface area contributed by atoms with Gasteiger partial charge in [0.05, 0.1) is 5.56 Å². The number of nitrogens with one attached hydrogen (secondary N) is 1. The van der Waals surface area contributed by atoms with Crippen LogP contribution in [0.5, 0.6) is 0 Å². The van der Waals surface area contributed by atoms with Crippen LogP contribution in [0.2, 0.25) is 5.02 Å². The summed E-state index contributed by atoms with van der Waals surface area (Å²) in [5, 5.41) is 3.42. The number of likely N-dealkylation sites (tertiary alicyclic amines) is 1. The fourth-order valence-electron chi connectivity index (χ4n) is 2.83. The maximum Gasteiger partial charge on any atom is 0.257 e. The van der Waals surface area contributed by atoms with Gasteiger partial charge in [0.25, 0.3) is 11.5 Å². The summed E-state index contributed by atoms with van der Waals surface area (Å²) in [4.78, 5) is 26.7. The number of nitrogens with zero attached hydrogens (tertiary/aromatic N) is 2. The molecule has 1 aromatic carbocycles. The average molecular weight is 346 g/mol. The highest BCUT2D eigenvalue weighted by Crippen LogP contribution is 2.14. The van der Waals surface area contributed by atoms with E-state index in [1.54, 1.807) is 41.1 Å². The molecule has 1 amide bonds. The van der Waals surface area contributed by atoms with Crippen LogP contribution in [0, 0.1) is 0 Å². The van der Waals surface area contributed by atoms with Crippen LogP contribution < -0.4 is 10.9 Å². The van der Waals surface area contributed by atoms with Gasteiger partial charge in [-0.15, -0.1) is 0 Å². The molecule has 2 aromatic rings. The van der Waals surface area contributed by atoms with Crippen molar-refractivity contribution in [3.63, 3.8) is 0 Å². The molecule has 2 heterocycles. The first-order valence-electron chi connectivity index (χ1n) is 8.11. The van der Waals surface area contributed by atoms with E-state index in [1.807, 2.05) is 0 Å². The van der Waals surface area contributed by atoms with Crippen molar-refractivity contribution in [1.82, 2.24) is 9.47 Å². The molecule has 1 aliphatic heterocycles. The third-order valence-electron chi connectivity index (χ3n) is 4.20. The summed E-state index contributed by atoms with van der Waals surface area (Å²) in [5.41, 5.74) is 1.04. The normalized spacial score (nSPS) is 14.7. The summed E-state index contributed by atoms with van der Waals surface area (Å²) in [7, 11) is 0. The van der Waals surface area contributed by atoms with Crippen LogP contribution in [-0.4, -0.2) is 35.0 Å². The fourth-order valence-corrected chi connectivity index (χ4v) is 2.96. The predicted molar refractivity (Wildman–Crippen MR) is 95.8 cm³/mol. The molecule has 3 rings (SSSR count). The van der Waals surface area contributed by atoms with E-state index in [0.29, 0.717) is 22.8 Å². The number of anilines is 1. The summed E-state index contributed by atoms with van der Waals surface area (Å²) in [5.74, 6) is -0.243. The van der Waals surface area contributed by atoms with E-state index < -0.39 is 0 Å². The minimum atomic E-state index is -0.243. The van der Waals surface area contributed by atoms with E-state index in [0.717, 1.165) is 19.6 Å². The molecule has 0 bridgehead atoms. The molecule has 126 valence electrons. The number of hydrogen-bond acceptors (Lipinski definition) is 3. The second-order valence-corrected chi connectivity index (χ2v) is 6.40. The number of carbonyl (C=O) groups is 1. The lowest BCUT2D eigenvalue weighted by atomic mass is 10.2. The first-order chi connectivity index (χ1) is 11.6. The topological polar surface area (TPSA) is 54.3 Å². The molecule has 0 aliphatic carbocycles. The smallest absolute Gasteiger partial charge is 0.257 e. The Hall–Kier alpha value is -2.11. The van der Waals surface area contributed by atoms with Gasteiger partial charge >= 0.3 is 0 Å². The Morgan fingerprint density at radius 2 is 1.75 bits per heavy atom. The molecule has 0 spiro atoms. The van der Waals surface area contributed by atoms with Gasteiger partial charge in [-0.05, 0) is 56.3 Å². The van der Waals surface area contributed by atoms with Crippen LogP contribution in [0.3, 0.4) is 0 Å². The molecular formula is C18H20ClN3O2. The summed E-state index contributed by atoms with van der Waals surface area (Å²) in [6.07, 6.45) is 4.07. The van der Waals surface area contributed by atoms with Crippen molar-refractivity contribution in [2.45, 2.75) is 19.4 Å². The Bertz CT molecular complexity index is 765. The second kappa shape index (κ2) is 7.64. The Balaban J connectivity index is 1.68. The minimum Gasteiger partial charge on any atom is -0.322 e. The van der Waals surface area contributed by atoms with Crippen LogP contribution in [-0.2, 0) is 6.54 Å². The molecule has 1 aliphatic rings. The Kier molecular flexibility index (Phi) is 5.33. The third kappa shape index (κ3) is 4.24. The maximum atomic E-state index is 12.4. The van der Waals surface area contributed by atoms with Crippen molar-refractivity contribution >= 4 is 23.2 Å². The molecule has 5 nitrogen and oxygen atoms in total. The minimum absolute atomic E-state index is 0.0859. The zero-order chi connectivity index (χ0) is 16.9. The van der Waals surface area contributed by atoms with Gasteiger partial charge in [0.1, 0.15) is 0 Å². The highest BCUT2D eigenvalue weighted by Gasteiger charge is 2.12. The standard InChI is InChI=1S/C18H20ClN3O2/c19-15-4-6-16(7-5-15)20-18(24)14-3-8-17(23)22(13-14)12-11-21-9-1-2-10-21/h3-8,13H,1-2,9-12H2,(H,20,24). The van der Waals surface area contributed by atoms with Crippen molar-refractivity contribution in [3.8, 4) is 0 Å². The third-order valence-corrected chi connectivity index (χ3v) is 4.46. The van der Waals surface area contributed by atoms with Crippen molar-refractivity contribution in [2.75, 3.05) is 25.0 Å². The van der Waals surface area contributed by atoms with Crippen LogP contribution in [0.4, 0.5) is 5.69 Å². The lowest BCUT2D eigenvalue weighted by Gasteiger charge is -2.15. The number of carbonyl (C=O) groups excluding carboxylic acids is 1. The van der Waals surface area contributed by atoms with Crippen LogP contribution in [0.1, 0.15) is 23.2 Å². The first-order valence-corrected chi connectivity index (χ1v) is 8.49. The van der Waals surface area contributed by atoms with Crippen molar-refractivity contribution in [1.29, 1.82) is 0 Å². The predicted octanol–water partition coefficient (Wildman–Crippen LogP) is 2.85. The maximum absolute atomic E-state index is 12.4. The Morgan fingerprint density at radius 1 is 1.04 bits per heavy atom. The summed E-state index contributed by atoms with van der Waals surface area (Å²) >= 11 is 5.84. The van der Waals surface area contributed by atoms with Crippen LogP contribution in [0.15, 0.2) is 47.4 Å². The number of pyridine rings is 1. The lowest BCUT2D eigenvalue weighted by Crippen LogP contribution is -2.29. The van der Waals surface area contributed by atoms with E-state index >= 15 is 0 Å². The quantitative estimate of drug-likeness (QED) is 0.906. The molecule has 0 saturated carbocycles. The summed E-state index contributed by atoms with van der Waals surface area (Å²) in [6.45, 7) is 3.61. The number of benzene rings is 1. The Labute approximate surface area is 145 Å². The molecule has 1 saturated heterocycles. The molecule has 0 radical (unpaired) electrons. The zero-order valence-electron chi connectivity index (χ0n) is 13.4. The monoisotopic (exact) mass is 345 g/mol. The fraction of sp³-hybridized carbons (Fsp3) is 0.333. The van der Waals surface area contributed by atoms with E-state index in [-0.39, 0.29) is 11.5 Å². The van der Waals surface area contributed by atoms with Gasteiger partial charge in [0.2, 0.25) is 0 Å². The van der Waals surface area contributed by atoms with E-state index in [9.17, 15) is 9.59 Å². The van der Waals surface area contributed by atoms with E-state index in [4.69, 9.17) is 11.6 Å².